The number of aliphatic hydroxyl groups excluding tert-OH is 1. The van der Waals surface area contributed by atoms with Gasteiger partial charge in [0.25, 0.3) is 0 Å². The molecular weight excluding hydrogens is 218 g/mol. The first-order valence-electron chi connectivity index (χ1n) is 6.07. The Morgan fingerprint density at radius 2 is 2.29 bits per heavy atom. The van der Waals surface area contributed by atoms with E-state index in [-0.39, 0.29) is 6.10 Å². The van der Waals surface area contributed by atoms with Crippen molar-refractivity contribution in [2.45, 2.75) is 25.4 Å². The van der Waals surface area contributed by atoms with Gasteiger partial charge in [0.15, 0.2) is 0 Å². The molecule has 1 aromatic rings. The van der Waals surface area contributed by atoms with Gasteiger partial charge in [-0.05, 0) is 19.3 Å². The molecule has 1 aromatic heterocycles. The van der Waals surface area contributed by atoms with Crippen LogP contribution in [0.5, 0.6) is 0 Å². The van der Waals surface area contributed by atoms with Gasteiger partial charge >= 0.3 is 0 Å². The molecule has 0 amide bonds. The highest BCUT2D eigenvalue weighted by molar-refractivity contribution is 5.63. The number of fused-ring (bicyclic) bond motifs is 1. The molecule has 1 fully saturated rings. The summed E-state index contributed by atoms with van der Waals surface area (Å²) in [5, 5.41) is 12.9. The molecule has 3 rings (SSSR count). The second-order valence-corrected chi connectivity index (χ2v) is 4.65. The minimum Gasteiger partial charge on any atom is -0.391 e. The van der Waals surface area contributed by atoms with E-state index in [1.54, 1.807) is 0 Å². The van der Waals surface area contributed by atoms with E-state index in [1.807, 2.05) is 0 Å². The summed E-state index contributed by atoms with van der Waals surface area (Å²) in [6.07, 6.45) is 2.61. The van der Waals surface area contributed by atoms with E-state index in [4.69, 9.17) is 5.73 Å². The van der Waals surface area contributed by atoms with E-state index >= 15 is 0 Å². The second kappa shape index (κ2) is 4.03. The number of nitrogens with zero attached hydrogens (tertiary/aromatic N) is 3. The Morgan fingerprint density at radius 3 is 3.06 bits per heavy atom. The van der Waals surface area contributed by atoms with Gasteiger partial charge < -0.3 is 21.1 Å². The van der Waals surface area contributed by atoms with Gasteiger partial charge in [0.2, 0.25) is 5.95 Å². The molecule has 1 atom stereocenters. The van der Waals surface area contributed by atoms with Crippen LogP contribution in [0.3, 0.4) is 0 Å². The number of hydrogen-bond acceptors (Lipinski definition) is 6. The number of β-amino-alcohol motifs (C(OH)–C–C–N with tert-alkyl or cyclic N) is 1. The molecule has 0 saturated carbocycles. The topological polar surface area (TPSA) is 87.3 Å². The van der Waals surface area contributed by atoms with Crippen LogP contribution in [0.1, 0.15) is 18.4 Å². The molecular formula is C11H17N5O. The third kappa shape index (κ3) is 1.88. The van der Waals surface area contributed by atoms with Crippen molar-refractivity contribution in [1.82, 2.24) is 9.97 Å². The van der Waals surface area contributed by atoms with Crippen LogP contribution < -0.4 is 16.0 Å². The zero-order chi connectivity index (χ0) is 11.8. The van der Waals surface area contributed by atoms with Crippen LogP contribution >= 0.6 is 0 Å². The normalized spacial score (nSPS) is 23.4. The maximum Gasteiger partial charge on any atom is 0.223 e. The lowest BCUT2D eigenvalue weighted by Crippen LogP contribution is -2.26. The average molecular weight is 235 g/mol. The van der Waals surface area contributed by atoms with E-state index in [9.17, 15) is 5.11 Å². The minimum absolute atomic E-state index is 0.251. The fraction of sp³-hybridized carbons (Fsp3) is 0.636. The average Bonchev–Trinajstić information content (AvgIpc) is 2.74. The summed E-state index contributed by atoms with van der Waals surface area (Å²) in [6, 6.07) is 0. The first-order chi connectivity index (χ1) is 8.24. The first kappa shape index (κ1) is 10.6. The van der Waals surface area contributed by atoms with E-state index in [2.05, 4.69) is 20.2 Å². The summed E-state index contributed by atoms with van der Waals surface area (Å²) in [6.45, 7) is 2.42. The van der Waals surface area contributed by atoms with E-state index in [0.29, 0.717) is 12.5 Å². The molecule has 2 aliphatic heterocycles. The molecule has 1 saturated heterocycles. The van der Waals surface area contributed by atoms with Crippen LogP contribution in [0.25, 0.3) is 0 Å². The van der Waals surface area contributed by atoms with Crippen molar-refractivity contribution in [2.75, 3.05) is 35.6 Å². The van der Waals surface area contributed by atoms with Gasteiger partial charge in [-0.15, -0.1) is 0 Å². The molecule has 6 heteroatoms. The predicted molar refractivity (Wildman–Crippen MR) is 66.1 cm³/mol. The largest absolute Gasteiger partial charge is 0.391 e. The van der Waals surface area contributed by atoms with Crippen molar-refractivity contribution in [3.63, 3.8) is 0 Å². The zero-order valence-corrected chi connectivity index (χ0v) is 9.69. The molecule has 1 unspecified atom stereocenters. The molecule has 4 N–H and O–H groups in total. The third-order valence-corrected chi connectivity index (χ3v) is 3.36. The van der Waals surface area contributed by atoms with Gasteiger partial charge in [-0.25, -0.2) is 0 Å². The van der Waals surface area contributed by atoms with Crippen LogP contribution in [0, 0.1) is 0 Å². The van der Waals surface area contributed by atoms with E-state index < -0.39 is 0 Å². The number of aliphatic hydroxyl groups is 1. The molecule has 6 nitrogen and oxygen atoms in total. The van der Waals surface area contributed by atoms with Gasteiger partial charge in [0.1, 0.15) is 11.6 Å². The number of nitrogens with one attached hydrogen (secondary N) is 1. The van der Waals surface area contributed by atoms with Crippen molar-refractivity contribution in [2.24, 2.45) is 0 Å². The Balaban J connectivity index is 2.00. The van der Waals surface area contributed by atoms with E-state index in [0.717, 1.165) is 49.6 Å². The lowest BCUT2D eigenvalue weighted by Gasteiger charge is -2.25. The summed E-state index contributed by atoms with van der Waals surface area (Å²) in [5.41, 5.74) is 6.87. The van der Waals surface area contributed by atoms with Gasteiger partial charge in [-0.2, -0.15) is 9.97 Å². The summed E-state index contributed by atoms with van der Waals surface area (Å²) in [4.78, 5) is 10.7. The molecule has 17 heavy (non-hydrogen) atoms. The fourth-order valence-electron chi connectivity index (χ4n) is 2.53. The van der Waals surface area contributed by atoms with Crippen molar-refractivity contribution < 1.29 is 5.11 Å². The Morgan fingerprint density at radius 1 is 1.41 bits per heavy atom. The van der Waals surface area contributed by atoms with Gasteiger partial charge in [-0.1, -0.05) is 0 Å². The second-order valence-electron chi connectivity index (χ2n) is 4.65. The molecule has 0 spiro atoms. The molecule has 0 aliphatic carbocycles. The highest BCUT2D eigenvalue weighted by Gasteiger charge is 2.26. The number of aromatic nitrogens is 2. The molecule has 0 radical (unpaired) electrons. The zero-order valence-electron chi connectivity index (χ0n) is 9.69. The fourth-order valence-corrected chi connectivity index (χ4v) is 2.53. The maximum atomic E-state index is 9.60. The van der Waals surface area contributed by atoms with Gasteiger partial charge in [0.05, 0.1) is 6.10 Å². The smallest absolute Gasteiger partial charge is 0.223 e. The van der Waals surface area contributed by atoms with Crippen molar-refractivity contribution in [1.29, 1.82) is 0 Å². The number of hydrogen-bond donors (Lipinski definition) is 3. The lowest BCUT2D eigenvalue weighted by atomic mass is 10.1. The van der Waals surface area contributed by atoms with Crippen molar-refractivity contribution in [3.05, 3.63) is 5.56 Å². The quantitative estimate of drug-likeness (QED) is 0.634. The SMILES string of the molecule is Nc1nc2c(c(N3CCC(O)C3)n1)CCCN2. The standard InChI is InChI=1S/C11H17N5O/c12-11-14-9-8(2-1-4-13-9)10(15-11)16-5-3-7(17)6-16/h7,17H,1-6H2,(H3,12,13,14,15). The monoisotopic (exact) mass is 235 g/mol. The summed E-state index contributed by atoms with van der Waals surface area (Å²) >= 11 is 0. The van der Waals surface area contributed by atoms with E-state index in [1.165, 1.54) is 0 Å². The van der Waals surface area contributed by atoms with Crippen LogP contribution in [0.2, 0.25) is 0 Å². The summed E-state index contributed by atoms with van der Waals surface area (Å²) in [5.74, 6) is 2.06. The van der Waals surface area contributed by atoms with Crippen molar-refractivity contribution in [3.8, 4) is 0 Å². The molecule has 2 aliphatic rings. The predicted octanol–water partition coefficient (Wildman–Crippen LogP) is -0.0121. The molecule has 0 bridgehead atoms. The van der Waals surface area contributed by atoms with Crippen LogP contribution in [0.4, 0.5) is 17.6 Å². The number of anilines is 3. The summed E-state index contributed by atoms with van der Waals surface area (Å²) < 4.78 is 0. The van der Waals surface area contributed by atoms with Crippen LogP contribution in [0.15, 0.2) is 0 Å². The first-order valence-corrected chi connectivity index (χ1v) is 6.07. The van der Waals surface area contributed by atoms with Crippen LogP contribution in [-0.2, 0) is 6.42 Å². The number of rotatable bonds is 1. The number of nitrogens with two attached hydrogens (primary N) is 1. The van der Waals surface area contributed by atoms with Gasteiger partial charge in [0, 0.05) is 25.2 Å². The van der Waals surface area contributed by atoms with Crippen molar-refractivity contribution >= 4 is 17.6 Å². The minimum atomic E-state index is -0.251. The van der Waals surface area contributed by atoms with Gasteiger partial charge in [-0.3, -0.25) is 0 Å². The van der Waals surface area contributed by atoms with Crippen LogP contribution in [-0.4, -0.2) is 40.8 Å². The molecule has 92 valence electrons. The maximum absolute atomic E-state index is 9.60. The highest BCUT2D eigenvalue weighted by atomic mass is 16.3. The lowest BCUT2D eigenvalue weighted by molar-refractivity contribution is 0.198. The molecule has 3 heterocycles. The Kier molecular flexibility index (Phi) is 2.51. The number of nitrogen functional groups attached to an aromatic ring is 1. The summed E-state index contributed by atoms with van der Waals surface area (Å²) in [7, 11) is 0. The third-order valence-electron chi connectivity index (χ3n) is 3.36. The Labute approximate surface area is 99.9 Å². The Bertz CT molecular complexity index is 436. The highest BCUT2D eigenvalue weighted by Crippen LogP contribution is 2.31. The molecule has 0 aromatic carbocycles. The Hall–Kier alpha value is -1.56.